The van der Waals surface area contributed by atoms with Gasteiger partial charge < -0.3 is 25.2 Å². The van der Waals surface area contributed by atoms with Gasteiger partial charge in [-0.2, -0.15) is 0 Å². The molecule has 5 rings (SSSR count). The van der Waals surface area contributed by atoms with Crippen molar-refractivity contribution in [3.8, 4) is 11.5 Å². The van der Waals surface area contributed by atoms with Gasteiger partial charge in [0.1, 0.15) is 18.8 Å². The van der Waals surface area contributed by atoms with Gasteiger partial charge in [-0.15, -0.1) is 0 Å². The van der Waals surface area contributed by atoms with Crippen molar-refractivity contribution in [3.05, 3.63) is 71.7 Å². The third-order valence-electron chi connectivity index (χ3n) is 7.66. The Labute approximate surface area is 240 Å². The highest BCUT2D eigenvalue weighted by molar-refractivity contribution is 5.90. The number of carbonyl (C=O) groups excluding carboxylic acids is 2. The van der Waals surface area contributed by atoms with Crippen LogP contribution in [0.15, 0.2) is 54.9 Å². The lowest BCUT2D eigenvalue weighted by molar-refractivity contribution is -0.134. The maximum atomic E-state index is 13.4. The number of methoxy groups -OCH3 is 1. The number of benzene rings is 2. The summed E-state index contributed by atoms with van der Waals surface area (Å²) < 4.78 is 11.4. The van der Waals surface area contributed by atoms with E-state index in [1.54, 1.807) is 20.4 Å². The third-order valence-corrected chi connectivity index (χ3v) is 7.66. The van der Waals surface area contributed by atoms with Crippen molar-refractivity contribution < 1.29 is 24.2 Å². The Morgan fingerprint density at radius 1 is 1.12 bits per heavy atom. The molecule has 3 heterocycles. The molecule has 0 radical (unpaired) electrons. The first-order valence-electron chi connectivity index (χ1n) is 14.1. The van der Waals surface area contributed by atoms with Crippen molar-refractivity contribution in [1.82, 2.24) is 20.2 Å². The zero-order valence-electron chi connectivity index (χ0n) is 23.5. The first-order chi connectivity index (χ1) is 19.9. The zero-order chi connectivity index (χ0) is 28.8. The molecule has 216 valence electrons. The predicted molar refractivity (Wildman–Crippen MR) is 154 cm³/mol. The molecule has 0 spiro atoms. The average molecular weight is 560 g/mol. The number of amides is 1. The Kier molecular flexibility index (Phi) is 9.11. The molecule has 6 bridgehead atoms. The highest BCUT2D eigenvalue weighted by Gasteiger charge is 2.35. The molecule has 3 N–H and O–H groups in total. The summed E-state index contributed by atoms with van der Waals surface area (Å²) in [5, 5.41) is 16.6. The summed E-state index contributed by atoms with van der Waals surface area (Å²) in [4.78, 5) is 37.4. The number of hydrogen-bond acceptors (Lipinski definition) is 9. The molecular weight excluding hydrogens is 522 g/mol. The molecule has 0 unspecified atom stereocenters. The van der Waals surface area contributed by atoms with E-state index in [4.69, 9.17) is 9.47 Å². The number of carbonyl (C=O) groups is 2. The molecule has 2 aliphatic rings. The number of anilines is 2. The fourth-order valence-corrected chi connectivity index (χ4v) is 5.53. The van der Waals surface area contributed by atoms with Gasteiger partial charge in [0.15, 0.2) is 17.3 Å². The molecule has 10 heteroatoms. The van der Waals surface area contributed by atoms with Gasteiger partial charge in [-0.1, -0.05) is 18.2 Å². The summed E-state index contributed by atoms with van der Waals surface area (Å²) in [6, 6.07) is 15.4. The van der Waals surface area contributed by atoms with Gasteiger partial charge in [0.2, 0.25) is 5.91 Å². The van der Waals surface area contributed by atoms with Crippen molar-refractivity contribution >= 4 is 23.2 Å². The Balaban J connectivity index is 1.43. The summed E-state index contributed by atoms with van der Waals surface area (Å²) >= 11 is 0. The lowest BCUT2D eigenvalue weighted by atomic mass is 9.92. The van der Waals surface area contributed by atoms with E-state index < -0.39 is 12.0 Å². The second-order valence-corrected chi connectivity index (χ2v) is 10.7. The van der Waals surface area contributed by atoms with E-state index in [2.05, 4.69) is 31.6 Å². The second-order valence-electron chi connectivity index (χ2n) is 10.7. The summed E-state index contributed by atoms with van der Waals surface area (Å²) in [6.07, 6.45) is 2.78. The number of nitrogens with one attached hydrogen (secondary N) is 2. The van der Waals surface area contributed by atoms with Crippen molar-refractivity contribution in [2.75, 3.05) is 32.1 Å². The molecular formula is C31H37N5O5. The number of nitrogens with zero attached hydrogens (tertiary/aromatic N) is 3. The summed E-state index contributed by atoms with van der Waals surface area (Å²) in [5.74, 6) is 0.604. The van der Waals surface area contributed by atoms with Gasteiger partial charge >= 0.3 is 0 Å². The number of aromatic nitrogens is 2. The molecule has 1 amide bonds. The van der Waals surface area contributed by atoms with Crippen LogP contribution in [-0.2, 0) is 22.6 Å². The molecule has 0 saturated carbocycles. The monoisotopic (exact) mass is 559 g/mol. The molecule has 3 aromatic rings. The fourth-order valence-electron chi connectivity index (χ4n) is 5.53. The Morgan fingerprint density at radius 3 is 2.83 bits per heavy atom. The lowest BCUT2D eigenvalue weighted by Crippen LogP contribution is -2.43. The van der Waals surface area contributed by atoms with E-state index in [-0.39, 0.29) is 37.3 Å². The second kappa shape index (κ2) is 13.1. The molecule has 1 aromatic heterocycles. The van der Waals surface area contributed by atoms with Crippen molar-refractivity contribution in [1.29, 1.82) is 0 Å². The molecule has 1 fully saturated rings. The van der Waals surface area contributed by atoms with Crippen LogP contribution in [0.1, 0.15) is 43.0 Å². The fraction of sp³-hybridized carbons (Fsp3) is 0.419. The average Bonchev–Trinajstić information content (AvgIpc) is 3.42. The van der Waals surface area contributed by atoms with E-state index in [9.17, 15) is 14.7 Å². The Morgan fingerprint density at radius 2 is 2.00 bits per heavy atom. The number of fused-ring (bicyclic) bond motifs is 7. The van der Waals surface area contributed by atoms with Crippen LogP contribution in [0.25, 0.3) is 0 Å². The van der Waals surface area contributed by atoms with Crippen molar-refractivity contribution in [2.45, 2.75) is 51.3 Å². The van der Waals surface area contributed by atoms with Crippen LogP contribution < -0.4 is 20.1 Å². The minimum absolute atomic E-state index is 0.0148. The van der Waals surface area contributed by atoms with Gasteiger partial charge in [-0.05, 0) is 61.7 Å². The maximum absolute atomic E-state index is 13.4. The molecule has 3 atom stereocenters. The van der Waals surface area contributed by atoms with Gasteiger partial charge in [0.25, 0.3) is 0 Å². The number of ketones is 1. The van der Waals surface area contributed by atoms with Gasteiger partial charge in [-0.25, -0.2) is 9.97 Å². The van der Waals surface area contributed by atoms with E-state index in [0.717, 1.165) is 41.9 Å². The van der Waals surface area contributed by atoms with Crippen molar-refractivity contribution in [3.63, 3.8) is 0 Å². The number of hydrogen-bond donors (Lipinski definition) is 3. The van der Waals surface area contributed by atoms with E-state index in [1.165, 1.54) is 0 Å². The summed E-state index contributed by atoms with van der Waals surface area (Å²) in [6.45, 7) is 3.39. The quantitative estimate of drug-likeness (QED) is 0.434. The van der Waals surface area contributed by atoms with Gasteiger partial charge in [-0.3, -0.25) is 14.5 Å². The Bertz CT molecular complexity index is 1380. The molecule has 10 nitrogen and oxygen atoms in total. The highest BCUT2D eigenvalue weighted by Crippen LogP contribution is 2.30. The lowest BCUT2D eigenvalue weighted by Gasteiger charge is -2.26. The van der Waals surface area contributed by atoms with Crippen LogP contribution in [0.5, 0.6) is 11.5 Å². The predicted octanol–water partition coefficient (Wildman–Crippen LogP) is 3.25. The van der Waals surface area contributed by atoms with Crippen molar-refractivity contribution in [2.24, 2.45) is 5.92 Å². The molecule has 0 aliphatic carbocycles. The highest BCUT2D eigenvalue weighted by atomic mass is 16.5. The topological polar surface area (TPSA) is 126 Å². The van der Waals surface area contributed by atoms with Crippen LogP contribution in [0, 0.1) is 5.92 Å². The number of ether oxygens (including phenoxy) is 2. The van der Waals surface area contributed by atoms with Crippen LogP contribution >= 0.6 is 0 Å². The SMILES string of the molecule is COc1ccc2cc1OCCNC(=O)[C@H]([C@H](C)O)CC(=O)[C@@H]1CCCN1Cc1cccc(c1)Nc1cc(ncn1)C2. The third kappa shape index (κ3) is 7.20. The van der Waals surface area contributed by atoms with Crippen LogP contribution in [0.3, 0.4) is 0 Å². The normalized spacial score (nSPS) is 21.2. The first kappa shape index (κ1) is 28.5. The van der Waals surface area contributed by atoms with Crippen LogP contribution in [0.2, 0.25) is 0 Å². The first-order valence-corrected chi connectivity index (χ1v) is 14.1. The minimum Gasteiger partial charge on any atom is -0.493 e. The van der Waals surface area contributed by atoms with Gasteiger partial charge in [0, 0.05) is 31.1 Å². The largest absolute Gasteiger partial charge is 0.493 e. The molecule has 2 aliphatic heterocycles. The smallest absolute Gasteiger partial charge is 0.226 e. The Hall–Kier alpha value is -4.02. The van der Waals surface area contributed by atoms with E-state index in [1.807, 2.05) is 42.5 Å². The van der Waals surface area contributed by atoms with E-state index in [0.29, 0.717) is 30.3 Å². The minimum atomic E-state index is -0.959. The summed E-state index contributed by atoms with van der Waals surface area (Å²) in [7, 11) is 1.57. The number of aliphatic hydroxyl groups is 1. The standard InChI is InChI=1S/C31H37N5O5/c1-20(37)25-17-27(38)26-7-4-11-36(26)18-22-5-3-6-23(14-22)35-30-16-24(33-19-34-30)13-21-8-9-28(40-2)29(15-21)41-12-10-32-31(25)39/h3,5-6,8-9,14-16,19-20,25-26,37H,4,7,10-13,17-18H2,1-2H3,(H,32,39)(H,33,34,35)/t20-,25-,26-/m0/s1. The molecule has 41 heavy (non-hydrogen) atoms. The van der Waals surface area contributed by atoms with Crippen LogP contribution in [0.4, 0.5) is 11.5 Å². The number of Topliss-reactive ketones (excluding diaryl/α,β-unsaturated/α-hetero) is 1. The van der Waals surface area contributed by atoms with Gasteiger partial charge in [0.05, 0.1) is 37.4 Å². The maximum Gasteiger partial charge on any atom is 0.226 e. The number of aliphatic hydroxyl groups excluding tert-OH is 1. The zero-order valence-corrected chi connectivity index (χ0v) is 23.5. The van der Waals surface area contributed by atoms with E-state index >= 15 is 0 Å². The summed E-state index contributed by atoms with van der Waals surface area (Å²) in [5.41, 5.74) is 3.78. The molecule has 2 aromatic carbocycles. The molecule has 1 saturated heterocycles. The number of rotatable bonds is 2. The van der Waals surface area contributed by atoms with Crippen LogP contribution in [-0.4, -0.2) is 70.6 Å².